The number of amides is 1. The van der Waals surface area contributed by atoms with E-state index in [9.17, 15) is 13.6 Å². The van der Waals surface area contributed by atoms with Crippen molar-refractivity contribution in [2.24, 2.45) is 5.92 Å². The molecule has 2 aliphatic rings. The molecule has 0 radical (unpaired) electrons. The second-order valence-corrected chi connectivity index (χ2v) is 7.58. The Hall–Kier alpha value is -1.94. The van der Waals surface area contributed by atoms with Gasteiger partial charge in [0.05, 0.1) is 0 Å². The molecule has 0 spiro atoms. The van der Waals surface area contributed by atoms with Crippen LogP contribution in [0.1, 0.15) is 48.6 Å². The van der Waals surface area contributed by atoms with Gasteiger partial charge < -0.3 is 4.90 Å². The second-order valence-electron chi connectivity index (χ2n) is 7.58. The quantitative estimate of drug-likeness (QED) is 0.696. The van der Waals surface area contributed by atoms with Crippen molar-refractivity contribution in [3.8, 4) is 0 Å². The summed E-state index contributed by atoms with van der Waals surface area (Å²) in [5.74, 6) is 0.519. The van der Waals surface area contributed by atoms with Crippen LogP contribution < -0.4 is 0 Å². The molecule has 0 unspecified atom stereocenters. The minimum Gasteiger partial charge on any atom is -0.342 e. The van der Waals surface area contributed by atoms with Gasteiger partial charge in [0, 0.05) is 24.9 Å². The number of hydrogen-bond acceptors (Lipinski definition) is 1. The molecule has 4 rings (SSSR count). The van der Waals surface area contributed by atoms with Gasteiger partial charge in [-0.15, -0.1) is 12.4 Å². The number of carbonyl (C=O) groups is 1. The van der Waals surface area contributed by atoms with E-state index in [2.05, 4.69) is 0 Å². The summed E-state index contributed by atoms with van der Waals surface area (Å²) >= 11 is 0. The van der Waals surface area contributed by atoms with Crippen LogP contribution in [0.25, 0.3) is 0 Å². The number of nitrogens with zero attached hydrogens (tertiary/aromatic N) is 1. The Bertz CT molecular complexity index is 712. The van der Waals surface area contributed by atoms with E-state index in [-0.39, 0.29) is 35.9 Å². The number of benzene rings is 2. The van der Waals surface area contributed by atoms with Gasteiger partial charge >= 0.3 is 0 Å². The lowest BCUT2D eigenvalue weighted by atomic mass is 9.96. The summed E-state index contributed by atoms with van der Waals surface area (Å²) in [6.07, 6.45) is 3.67. The van der Waals surface area contributed by atoms with Crippen LogP contribution in [0.2, 0.25) is 0 Å². The van der Waals surface area contributed by atoms with Crippen molar-refractivity contribution in [1.29, 1.82) is 0 Å². The van der Waals surface area contributed by atoms with Crippen LogP contribution in [0.5, 0.6) is 0 Å². The van der Waals surface area contributed by atoms with Crippen molar-refractivity contribution in [3.63, 3.8) is 0 Å². The van der Waals surface area contributed by atoms with Gasteiger partial charge in [0.15, 0.2) is 0 Å². The molecule has 1 aliphatic heterocycles. The van der Waals surface area contributed by atoms with Gasteiger partial charge in [-0.25, -0.2) is 8.78 Å². The van der Waals surface area contributed by atoms with Crippen molar-refractivity contribution in [2.75, 3.05) is 13.1 Å². The summed E-state index contributed by atoms with van der Waals surface area (Å²) in [5, 5.41) is 0. The summed E-state index contributed by atoms with van der Waals surface area (Å²) in [4.78, 5) is 14.9. The molecule has 1 amide bonds. The smallest absolute Gasteiger partial charge is 0.225 e. The van der Waals surface area contributed by atoms with E-state index in [0.717, 1.165) is 49.9 Å². The Kier molecular flexibility index (Phi) is 6.15. The van der Waals surface area contributed by atoms with Crippen LogP contribution in [0, 0.1) is 17.6 Å². The fraction of sp³-hybridized carbons (Fsp3) is 0.409. The summed E-state index contributed by atoms with van der Waals surface area (Å²) in [7, 11) is 0. The first-order valence-electron chi connectivity index (χ1n) is 9.40. The minimum atomic E-state index is -0.225. The molecule has 2 nitrogen and oxygen atoms in total. The molecule has 144 valence electrons. The molecule has 1 aliphatic carbocycles. The number of carbonyl (C=O) groups excluding carboxylic acids is 1. The predicted molar refractivity (Wildman–Crippen MR) is 104 cm³/mol. The number of halogens is 3. The van der Waals surface area contributed by atoms with Crippen molar-refractivity contribution >= 4 is 18.3 Å². The monoisotopic (exact) mass is 391 g/mol. The van der Waals surface area contributed by atoms with Crippen molar-refractivity contribution < 1.29 is 13.6 Å². The Balaban J connectivity index is 0.00000210. The molecule has 2 fully saturated rings. The first-order chi connectivity index (χ1) is 12.6. The molecule has 27 heavy (non-hydrogen) atoms. The Morgan fingerprint density at radius 1 is 0.815 bits per heavy atom. The molecule has 0 bridgehead atoms. The third-order valence-corrected chi connectivity index (χ3v) is 5.96. The minimum absolute atomic E-state index is 0. The Morgan fingerprint density at radius 3 is 1.96 bits per heavy atom. The first-order valence-corrected chi connectivity index (χ1v) is 9.40. The van der Waals surface area contributed by atoms with Crippen LogP contribution in [-0.2, 0) is 4.79 Å². The van der Waals surface area contributed by atoms with Crippen molar-refractivity contribution in [1.82, 2.24) is 4.90 Å². The molecule has 2 aromatic carbocycles. The van der Waals surface area contributed by atoms with Crippen LogP contribution in [0.3, 0.4) is 0 Å². The molecule has 0 aromatic heterocycles. The molecule has 1 saturated carbocycles. The highest BCUT2D eigenvalue weighted by atomic mass is 35.5. The highest BCUT2D eigenvalue weighted by Gasteiger charge is 2.36. The summed E-state index contributed by atoms with van der Waals surface area (Å²) in [6, 6.07) is 13.3. The van der Waals surface area contributed by atoms with Gasteiger partial charge in [-0.2, -0.15) is 0 Å². The number of rotatable bonds is 3. The largest absolute Gasteiger partial charge is 0.342 e. The summed E-state index contributed by atoms with van der Waals surface area (Å²) in [6.45, 7) is 1.50. The lowest BCUT2D eigenvalue weighted by Gasteiger charge is -2.21. The van der Waals surface area contributed by atoms with Gasteiger partial charge in [-0.05, 0) is 67.0 Å². The Labute approximate surface area is 165 Å². The van der Waals surface area contributed by atoms with Gasteiger partial charge in [0.1, 0.15) is 11.6 Å². The average molecular weight is 392 g/mol. The van der Waals surface area contributed by atoms with Crippen molar-refractivity contribution in [3.05, 3.63) is 71.3 Å². The fourth-order valence-electron chi connectivity index (χ4n) is 4.47. The molecule has 3 atom stereocenters. The maximum absolute atomic E-state index is 13.1. The number of hydrogen-bond donors (Lipinski definition) is 0. The molecule has 0 N–H and O–H groups in total. The van der Waals surface area contributed by atoms with E-state index < -0.39 is 0 Å². The van der Waals surface area contributed by atoms with E-state index >= 15 is 0 Å². The Morgan fingerprint density at radius 2 is 1.37 bits per heavy atom. The highest BCUT2D eigenvalue weighted by molar-refractivity contribution is 5.85. The SMILES string of the molecule is Cl.O=C([C@H]1CC[C@@H](c2ccc(F)cc2)C1)N1CC[C@H](c2ccc(F)cc2)C1. The predicted octanol–water partition coefficient (Wildman–Crippen LogP) is 5.29. The second kappa shape index (κ2) is 8.39. The van der Waals surface area contributed by atoms with Gasteiger partial charge in [0.2, 0.25) is 5.91 Å². The first kappa shape index (κ1) is 19.8. The molecule has 1 saturated heterocycles. The van der Waals surface area contributed by atoms with Gasteiger partial charge in [-0.1, -0.05) is 24.3 Å². The highest BCUT2D eigenvalue weighted by Crippen LogP contribution is 2.40. The summed E-state index contributed by atoms with van der Waals surface area (Å²) in [5.41, 5.74) is 2.24. The average Bonchev–Trinajstić information content (AvgIpc) is 3.32. The zero-order valence-corrected chi connectivity index (χ0v) is 15.9. The standard InChI is InChI=1S/C22H23F2NO.ClH/c23-20-7-3-15(4-8-20)17-1-2-18(13-17)22(26)25-12-11-19(14-25)16-5-9-21(24)10-6-16;/h3-10,17-19H,1-2,11-14H2;1H/t17-,18+,19+;/m1./s1. The van der Waals surface area contributed by atoms with Crippen LogP contribution >= 0.6 is 12.4 Å². The molecular formula is C22H24ClF2NO. The maximum atomic E-state index is 13.1. The molecule has 2 aromatic rings. The van der Waals surface area contributed by atoms with Crippen molar-refractivity contribution in [2.45, 2.75) is 37.5 Å². The van der Waals surface area contributed by atoms with Gasteiger partial charge in [0.25, 0.3) is 0 Å². The van der Waals surface area contributed by atoms with E-state index in [1.165, 1.54) is 24.3 Å². The molecule has 5 heteroatoms. The summed E-state index contributed by atoms with van der Waals surface area (Å²) < 4.78 is 26.2. The topological polar surface area (TPSA) is 20.3 Å². The fourth-order valence-corrected chi connectivity index (χ4v) is 4.47. The molecule has 1 heterocycles. The van der Waals surface area contributed by atoms with Gasteiger partial charge in [-0.3, -0.25) is 4.79 Å². The van der Waals surface area contributed by atoms with E-state index in [4.69, 9.17) is 0 Å². The zero-order chi connectivity index (χ0) is 18.1. The molecular weight excluding hydrogens is 368 g/mol. The number of likely N-dealkylation sites (tertiary alicyclic amines) is 1. The van der Waals surface area contributed by atoms with E-state index in [0.29, 0.717) is 11.8 Å². The maximum Gasteiger partial charge on any atom is 0.225 e. The zero-order valence-electron chi connectivity index (χ0n) is 15.1. The van der Waals surface area contributed by atoms with E-state index in [1.54, 1.807) is 0 Å². The van der Waals surface area contributed by atoms with Crippen LogP contribution in [-0.4, -0.2) is 23.9 Å². The lowest BCUT2D eigenvalue weighted by molar-refractivity contribution is -0.134. The van der Waals surface area contributed by atoms with Crippen LogP contribution in [0.15, 0.2) is 48.5 Å². The normalized spacial score (nSPS) is 24.7. The van der Waals surface area contributed by atoms with Crippen LogP contribution in [0.4, 0.5) is 8.78 Å². The third-order valence-electron chi connectivity index (χ3n) is 5.96. The third kappa shape index (κ3) is 4.32. The van der Waals surface area contributed by atoms with E-state index in [1.807, 2.05) is 29.2 Å². The lowest BCUT2D eigenvalue weighted by Crippen LogP contribution is -2.33.